The van der Waals surface area contributed by atoms with Gasteiger partial charge in [-0.25, -0.2) is 0 Å². The minimum Gasteiger partial charge on any atom is -0.497 e. The molecule has 1 amide bonds. The average molecular weight is 352 g/mol. The summed E-state index contributed by atoms with van der Waals surface area (Å²) in [5, 5.41) is 12.1. The summed E-state index contributed by atoms with van der Waals surface area (Å²) in [6.45, 7) is 0.145. The molecular formula is C19H16N2O5. The first-order valence-corrected chi connectivity index (χ1v) is 7.69. The van der Waals surface area contributed by atoms with Gasteiger partial charge in [-0.15, -0.1) is 0 Å². The minimum absolute atomic E-state index is 0.0748. The van der Waals surface area contributed by atoms with Crippen LogP contribution in [0.5, 0.6) is 23.0 Å². The smallest absolute Gasteiger partial charge is 0.266 e. The number of hydrogen-bond acceptors (Lipinski definition) is 6. The third kappa shape index (κ3) is 3.54. The molecule has 26 heavy (non-hydrogen) atoms. The molecule has 0 aliphatic carbocycles. The molecule has 0 saturated heterocycles. The highest BCUT2D eigenvalue weighted by Gasteiger charge is 2.16. The number of nitriles is 1. The van der Waals surface area contributed by atoms with E-state index in [0.717, 1.165) is 0 Å². The van der Waals surface area contributed by atoms with Crippen LogP contribution in [0.2, 0.25) is 0 Å². The van der Waals surface area contributed by atoms with Crippen LogP contribution in [-0.4, -0.2) is 26.9 Å². The van der Waals surface area contributed by atoms with E-state index >= 15 is 0 Å². The van der Waals surface area contributed by atoms with E-state index in [-0.39, 0.29) is 12.4 Å². The van der Waals surface area contributed by atoms with Crippen LogP contribution in [0, 0.1) is 11.3 Å². The van der Waals surface area contributed by atoms with E-state index < -0.39 is 5.91 Å². The first-order chi connectivity index (χ1) is 12.6. The summed E-state index contributed by atoms with van der Waals surface area (Å²) in [5.41, 5.74) is 0.983. The van der Waals surface area contributed by atoms with Crippen LogP contribution < -0.4 is 24.3 Å². The summed E-state index contributed by atoms with van der Waals surface area (Å²) >= 11 is 0. The summed E-state index contributed by atoms with van der Waals surface area (Å²) in [4.78, 5) is 12.5. The number of benzene rings is 2. The van der Waals surface area contributed by atoms with E-state index in [2.05, 4.69) is 5.32 Å². The predicted octanol–water partition coefficient (Wildman–Crippen LogP) is 2.98. The zero-order valence-corrected chi connectivity index (χ0v) is 14.2. The Morgan fingerprint density at radius 1 is 1.15 bits per heavy atom. The Labute approximate surface area is 150 Å². The molecule has 132 valence electrons. The third-order valence-corrected chi connectivity index (χ3v) is 3.73. The molecule has 1 aliphatic rings. The summed E-state index contributed by atoms with van der Waals surface area (Å²) in [7, 11) is 3.05. The highest BCUT2D eigenvalue weighted by Crippen LogP contribution is 2.34. The van der Waals surface area contributed by atoms with Gasteiger partial charge in [0.15, 0.2) is 11.5 Å². The van der Waals surface area contributed by atoms with Crippen molar-refractivity contribution >= 4 is 17.7 Å². The SMILES string of the molecule is COc1ccc(OC)c(/C=C(\C#N)C(=O)Nc2ccc3c(c2)OCO3)c1. The van der Waals surface area contributed by atoms with E-state index in [1.165, 1.54) is 20.3 Å². The lowest BCUT2D eigenvalue weighted by Crippen LogP contribution is -2.13. The molecule has 1 aliphatic heterocycles. The van der Waals surface area contributed by atoms with Gasteiger partial charge in [-0.1, -0.05) is 0 Å². The van der Waals surface area contributed by atoms with Gasteiger partial charge in [-0.3, -0.25) is 4.79 Å². The minimum atomic E-state index is -0.545. The fraction of sp³-hybridized carbons (Fsp3) is 0.158. The second kappa shape index (κ2) is 7.49. The molecule has 2 aromatic carbocycles. The van der Waals surface area contributed by atoms with Crippen molar-refractivity contribution in [3.8, 4) is 29.1 Å². The largest absolute Gasteiger partial charge is 0.497 e. The van der Waals surface area contributed by atoms with Gasteiger partial charge in [0.1, 0.15) is 23.1 Å². The first kappa shape index (κ1) is 17.2. The molecule has 0 bridgehead atoms. The number of carbonyl (C=O) groups excluding carboxylic acids is 1. The molecule has 0 spiro atoms. The van der Waals surface area contributed by atoms with Crippen LogP contribution in [0.4, 0.5) is 5.69 Å². The van der Waals surface area contributed by atoms with Gasteiger partial charge < -0.3 is 24.3 Å². The maximum atomic E-state index is 12.5. The molecule has 2 aromatic rings. The number of anilines is 1. The maximum absolute atomic E-state index is 12.5. The number of rotatable bonds is 5. The van der Waals surface area contributed by atoms with Crippen LogP contribution in [-0.2, 0) is 4.79 Å². The molecule has 7 nitrogen and oxygen atoms in total. The Bertz CT molecular complexity index is 915. The van der Waals surface area contributed by atoms with E-state index in [1.54, 1.807) is 36.4 Å². The van der Waals surface area contributed by atoms with Crippen LogP contribution in [0.15, 0.2) is 42.0 Å². The highest BCUT2D eigenvalue weighted by atomic mass is 16.7. The Hall–Kier alpha value is -3.66. The number of fused-ring (bicyclic) bond motifs is 1. The lowest BCUT2D eigenvalue weighted by atomic mass is 10.1. The summed E-state index contributed by atoms with van der Waals surface area (Å²) in [5.74, 6) is 1.72. The summed E-state index contributed by atoms with van der Waals surface area (Å²) in [6, 6.07) is 12.0. The van der Waals surface area contributed by atoms with Gasteiger partial charge in [-0.2, -0.15) is 5.26 Å². The molecule has 0 saturated carbocycles. The second-order valence-corrected chi connectivity index (χ2v) is 5.30. The lowest BCUT2D eigenvalue weighted by Gasteiger charge is -2.09. The monoisotopic (exact) mass is 352 g/mol. The molecule has 0 unspecified atom stereocenters. The van der Waals surface area contributed by atoms with E-state index in [1.807, 2.05) is 6.07 Å². The van der Waals surface area contributed by atoms with Crippen LogP contribution in [0.3, 0.4) is 0 Å². The van der Waals surface area contributed by atoms with Crippen molar-refractivity contribution in [2.75, 3.05) is 26.3 Å². The van der Waals surface area contributed by atoms with Crippen molar-refractivity contribution in [2.45, 2.75) is 0 Å². The topological polar surface area (TPSA) is 89.8 Å². The van der Waals surface area contributed by atoms with E-state index in [0.29, 0.717) is 34.2 Å². The van der Waals surface area contributed by atoms with Gasteiger partial charge in [-0.05, 0) is 36.4 Å². The fourth-order valence-corrected chi connectivity index (χ4v) is 2.43. The summed E-state index contributed by atoms with van der Waals surface area (Å²) in [6.07, 6.45) is 1.45. The second-order valence-electron chi connectivity index (χ2n) is 5.30. The molecular weight excluding hydrogens is 336 g/mol. The molecule has 0 aromatic heterocycles. The quantitative estimate of drug-likeness (QED) is 0.657. The van der Waals surface area contributed by atoms with Gasteiger partial charge in [0.25, 0.3) is 5.91 Å². The zero-order valence-electron chi connectivity index (χ0n) is 14.2. The van der Waals surface area contributed by atoms with Gasteiger partial charge in [0.2, 0.25) is 6.79 Å². The first-order valence-electron chi connectivity index (χ1n) is 7.69. The van der Waals surface area contributed by atoms with Gasteiger partial charge >= 0.3 is 0 Å². The standard InChI is InChI=1S/C19H16N2O5/c1-23-15-4-6-16(24-2)12(8-15)7-13(10-20)19(22)21-14-3-5-17-18(9-14)26-11-25-17/h3-9H,11H2,1-2H3,(H,21,22)/b13-7+. The van der Waals surface area contributed by atoms with Crippen molar-refractivity contribution < 1.29 is 23.7 Å². The van der Waals surface area contributed by atoms with Crippen LogP contribution in [0.1, 0.15) is 5.56 Å². The fourth-order valence-electron chi connectivity index (χ4n) is 2.43. The molecule has 0 radical (unpaired) electrons. The van der Waals surface area contributed by atoms with E-state index in [4.69, 9.17) is 18.9 Å². The number of ether oxygens (including phenoxy) is 4. The number of hydrogen-bond donors (Lipinski definition) is 1. The number of nitrogens with zero attached hydrogens (tertiary/aromatic N) is 1. The zero-order chi connectivity index (χ0) is 18.5. The Morgan fingerprint density at radius 3 is 2.69 bits per heavy atom. The Morgan fingerprint density at radius 2 is 1.96 bits per heavy atom. The number of carbonyl (C=O) groups is 1. The van der Waals surface area contributed by atoms with Crippen molar-refractivity contribution in [3.63, 3.8) is 0 Å². The highest BCUT2D eigenvalue weighted by molar-refractivity contribution is 6.10. The molecule has 1 N–H and O–H groups in total. The van der Waals surface area contributed by atoms with Crippen molar-refractivity contribution in [1.29, 1.82) is 5.26 Å². The average Bonchev–Trinajstić information content (AvgIpc) is 3.13. The lowest BCUT2D eigenvalue weighted by molar-refractivity contribution is -0.112. The van der Waals surface area contributed by atoms with Gasteiger partial charge in [0.05, 0.1) is 14.2 Å². The molecule has 0 atom stereocenters. The molecule has 0 fully saturated rings. The molecule has 3 rings (SSSR count). The third-order valence-electron chi connectivity index (χ3n) is 3.73. The Balaban J connectivity index is 1.85. The maximum Gasteiger partial charge on any atom is 0.266 e. The van der Waals surface area contributed by atoms with Gasteiger partial charge in [0, 0.05) is 17.3 Å². The summed E-state index contributed by atoms with van der Waals surface area (Å²) < 4.78 is 20.9. The Kier molecular flexibility index (Phi) is 4.94. The number of nitrogens with one attached hydrogen (secondary N) is 1. The van der Waals surface area contributed by atoms with Crippen molar-refractivity contribution in [1.82, 2.24) is 0 Å². The predicted molar refractivity (Wildman–Crippen MR) is 94.3 cm³/mol. The molecule has 7 heteroatoms. The van der Waals surface area contributed by atoms with Crippen molar-refractivity contribution in [2.24, 2.45) is 0 Å². The van der Waals surface area contributed by atoms with Crippen LogP contribution >= 0.6 is 0 Å². The number of amides is 1. The molecule has 1 heterocycles. The number of methoxy groups -OCH3 is 2. The van der Waals surface area contributed by atoms with E-state index in [9.17, 15) is 10.1 Å². The van der Waals surface area contributed by atoms with Crippen molar-refractivity contribution in [3.05, 3.63) is 47.5 Å². The van der Waals surface area contributed by atoms with Crippen LogP contribution in [0.25, 0.3) is 6.08 Å². The normalized spacial score (nSPS) is 12.3.